The summed E-state index contributed by atoms with van der Waals surface area (Å²) in [5.74, 6) is 0.257. The van der Waals surface area contributed by atoms with Gasteiger partial charge in [0.25, 0.3) is 5.91 Å². The molecule has 2 N–H and O–H groups in total. The van der Waals surface area contributed by atoms with Crippen LogP contribution in [0.5, 0.6) is 0 Å². The van der Waals surface area contributed by atoms with Crippen LogP contribution in [-0.2, 0) is 11.3 Å². The average molecular weight is 494 g/mol. The van der Waals surface area contributed by atoms with Gasteiger partial charge in [0.1, 0.15) is 17.8 Å². The molecule has 1 fully saturated rings. The molecule has 0 atom stereocenters. The molecule has 1 aliphatic heterocycles. The fraction of sp³-hybridized carbons (Fsp3) is 0.250. The predicted octanol–water partition coefficient (Wildman–Crippen LogP) is 2.75. The fourth-order valence-electron chi connectivity index (χ4n) is 3.90. The summed E-state index contributed by atoms with van der Waals surface area (Å²) in [6.45, 7) is 2.00. The summed E-state index contributed by atoms with van der Waals surface area (Å²) in [6.07, 6.45) is 2.85. The molecule has 186 valence electrons. The maximum absolute atomic E-state index is 15.0. The van der Waals surface area contributed by atoms with Crippen LogP contribution in [0.2, 0.25) is 0 Å². The van der Waals surface area contributed by atoms with Crippen molar-refractivity contribution in [1.29, 1.82) is 0 Å². The van der Waals surface area contributed by atoms with Crippen LogP contribution >= 0.6 is 0 Å². The number of amides is 2. The highest BCUT2D eigenvalue weighted by atomic mass is 19.1. The number of aromatic nitrogens is 2. The lowest BCUT2D eigenvalue weighted by molar-refractivity contribution is -0.130. The zero-order valence-electron chi connectivity index (χ0n) is 19.1. The fourth-order valence-corrected chi connectivity index (χ4v) is 3.90. The van der Waals surface area contributed by atoms with Crippen LogP contribution in [0.15, 0.2) is 68.5 Å². The first-order chi connectivity index (χ1) is 17.6. The average Bonchev–Trinajstić information content (AvgIpc) is 3.69. The lowest BCUT2D eigenvalue weighted by Crippen LogP contribution is -2.51. The molecular weight excluding hydrogens is 471 g/mol. The molecule has 5 rings (SSSR count). The molecule has 0 unspecified atom stereocenters. The third-order valence-electron chi connectivity index (χ3n) is 5.80. The van der Waals surface area contributed by atoms with E-state index in [0.717, 1.165) is 0 Å². The number of nitrogens with zero attached hydrogens (tertiary/aromatic N) is 4. The summed E-state index contributed by atoms with van der Waals surface area (Å²) in [4.78, 5) is 27.9. The van der Waals surface area contributed by atoms with E-state index in [9.17, 15) is 14.0 Å². The van der Waals surface area contributed by atoms with Gasteiger partial charge in [0, 0.05) is 43.9 Å². The number of anilines is 2. The molecule has 12 heteroatoms. The molecule has 4 aromatic rings. The SMILES string of the molecule is O=C(NCC(=O)N1CCN(c2ccc(-c3cc(CNc4ccon4)on3)cc2F)CC1)c1ccco1. The van der Waals surface area contributed by atoms with Crippen molar-refractivity contribution in [2.45, 2.75) is 6.54 Å². The second-order valence-electron chi connectivity index (χ2n) is 8.11. The van der Waals surface area contributed by atoms with E-state index in [-0.39, 0.29) is 24.0 Å². The lowest BCUT2D eigenvalue weighted by Gasteiger charge is -2.36. The Kier molecular flexibility index (Phi) is 6.65. The summed E-state index contributed by atoms with van der Waals surface area (Å²) in [6, 6.07) is 11.4. The summed E-state index contributed by atoms with van der Waals surface area (Å²) >= 11 is 0. The number of carbonyl (C=O) groups excluding carboxylic acids is 2. The quantitative estimate of drug-likeness (QED) is 0.380. The second kappa shape index (κ2) is 10.3. The number of nitrogens with one attached hydrogen (secondary N) is 2. The maximum atomic E-state index is 15.0. The predicted molar refractivity (Wildman–Crippen MR) is 126 cm³/mol. The van der Waals surface area contributed by atoms with Gasteiger partial charge in [0.2, 0.25) is 5.91 Å². The standard InChI is InChI=1S/C24H23FN6O5/c25-18-12-16(19-13-17(36-28-19)14-26-22-5-11-35-29-22)3-4-20(18)30-6-8-31(9-7-30)23(32)15-27-24(33)21-2-1-10-34-21/h1-5,10-13H,6-9,14-15H2,(H,26,29)(H,27,33). The normalized spacial score (nSPS) is 13.6. The number of halogens is 1. The van der Waals surface area contributed by atoms with Crippen molar-refractivity contribution in [2.24, 2.45) is 0 Å². The first-order valence-corrected chi connectivity index (χ1v) is 11.3. The Morgan fingerprint density at radius 3 is 2.61 bits per heavy atom. The highest BCUT2D eigenvalue weighted by Crippen LogP contribution is 2.27. The van der Waals surface area contributed by atoms with Crippen LogP contribution in [0, 0.1) is 5.82 Å². The van der Waals surface area contributed by atoms with Crippen LogP contribution in [0.1, 0.15) is 16.3 Å². The molecule has 3 aromatic heterocycles. The van der Waals surface area contributed by atoms with E-state index in [1.807, 2.05) is 4.90 Å². The van der Waals surface area contributed by atoms with Crippen molar-refractivity contribution in [1.82, 2.24) is 20.5 Å². The van der Waals surface area contributed by atoms with Gasteiger partial charge in [-0.3, -0.25) is 9.59 Å². The van der Waals surface area contributed by atoms with E-state index in [4.69, 9.17) is 13.5 Å². The van der Waals surface area contributed by atoms with Gasteiger partial charge in [0.05, 0.1) is 25.0 Å². The first kappa shape index (κ1) is 23.1. The molecule has 36 heavy (non-hydrogen) atoms. The van der Waals surface area contributed by atoms with E-state index >= 15 is 0 Å². The van der Waals surface area contributed by atoms with Gasteiger partial charge < -0.3 is 33.9 Å². The zero-order valence-corrected chi connectivity index (χ0v) is 19.1. The van der Waals surface area contributed by atoms with Gasteiger partial charge in [-0.15, -0.1) is 0 Å². The third-order valence-corrected chi connectivity index (χ3v) is 5.80. The minimum absolute atomic E-state index is 0.129. The molecule has 0 radical (unpaired) electrons. The van der Waals surface area contributed by atoms with Crippen molar-refractivity contribution < 1.29 is 27.4 Å². The summed E-state index contributed by atoms with van der Waals surface area (Å²) < 4.78 is 30.1. The summed E-state index contributed by atoms with van der Waals surface area (Å²) in [7, 11) is 0. The lowest BCUT2D eigenvalue weighted by atomic mass is 10.1. The molecule has 1 aliphatic rings. The number of carbonyl (C=O) groups is 2. The van der Waals surface area contributed by atoms with E-state index in [1.54, 1.807) is 35.2 Å². The van der Waals surface area contributed by atoms with Crippen LogP contribution in [0.3, 0.4) is 0 Å². The Labute approximate surface area is 204 Å². The largest absolute Gasteiger partial charge is 0.459 e. The van der Waals surface area contributed by atoms with Crippen molar-refractivity contribution in [3.05, 3.63) is 72.3 Å². The Morgan fingerprint density at radius 2 is 1.89 bits per heavy atom. The third kappa shape index (κ3) is 5.22. The Bertz CT molecular complexity index is 1310. The van der Waals surface area contributed by atoms with Gasteiger partial charge in [-0.25, -0.2) is 4.39 Å². The topological polar surface area (TPSA) is 130 Å². The van der Waals surface area contributed by atoms with Crippen molar-refractivity contribution in [2.75, 3.05) is 42.9 Å². The van der Waals surface area contributed by atoms with Gasteiger partial charge in [-0.05, 0) is 24.3 Å². The summed E-state index contributed by atoms with van der Waals surface area (Å²) in [5, 5.41) is 13.4. The molecule has 0 spiro atoms. The van der Waals surface area contributed by atoms with E-state index in [2.05, 4.69) is 20.9 Å². The Morgan fingerprint density at radius 1 is 1.03 bits per heavy atom. The summed E-state index contributed by atoms with van der Waals surface area (Å²) in [5.41, 5.74) is 1.56. The molecule has 1 saturated heterocycles. The molecule has 2 amide bonds. The smallest absolute Gasteiger partial charge is 0.287 e. The van der Waals surface area contributed by atoms with Crippen molar-refractivity contribution in [3.8, 4) is 11.3 Å². The van der Waals surface area contributed by atoms with Crippen LogP contribution in [-0.4, -0.2) is 59.8 Å². The molecule has 1 aromatic carbocycles. The zero-order chi connectivity index (χ0) is 24.9. The number of piperazine rings is 1. The van der Waals surface area contributed by atoms with Gasteiger partial charge in [0.15, 0.2) is 17.3 Å². The number of rotatable bonds is 8. The molecule has 0 bridgehead atoms. The monoisotopic (exact) mass is 494 g/mol. The highest BCUT2D eigenvalue weighted by molar-refractivity contribution is 5.94. The minimum atomic E-state index is -0.445. The van der Waals surface area contributed by atoms with E-state index in [1.165, 1.54) is 24.7 Å². The molecule has 0 saturated carbocycles. The minimum Gasteiger partial charge on any atom is -0.459 e. The first-order valence-electron chi connectivity index (χ1n) is 11.3. The van der Waals surface area contributed by atoms with Crippen LogP contribution in [0.25, 0.3) is 11.3 Å². The van der Waals surface area contributed by atoms with Gasteiger partial charge in [-0.2, -0.15) is 0 Å². The number of hydrogen-bond acceptors (Lipinski definition) is 9. The van der Waals surface area contributed by atoms with Crippen molar-refractivity contribution >= 4 is 23.3 Å². The van der Waals surface area contributed by atoms with E-state index in [0.29, 0.717) is 61.2 Å². The van der Waals surface area contributed by atoms with Gasteiger partial charge in [-0.1, -0.05) is 16.4 Å². The Balaban J connectivity index is 1.13. The van der Waals surface area contributed by atoms with Crippen LogP contribution < -0.4 is 15.5 Å². The molecular formula is C24H23FN6O5. The number of benzene rings is 1. The van der Waals surface area contributed by atoms with Crippen LogP contribution in [0.4, 0.5) is 15.9 Å². The molecule has 0 aliphatic carbocycles. The number of furan rings is 1. The Hall–Kier alpha value is -4.61. The second-order valence-corrected chi connectivity index (χ2v) is 8.11. The maximum Gasteiger partial charge on any atom is 0.287 e. The highest BCUT2D eigenvalue weighted by Gasteiger charge is 2.24. The van der Waals surface area contributed by atoms with Crippen molar-refractivity contribution in [3.63, 3.8) is 0 Å². The van der Waals surface area contributed by atoms with Gasteiger partial charge >= 0.3 is 0 Å². The molecule has 4 heterocycles. The molecule has 11 nitrogen and oxygen atoms in total. The number of hydrogen-bond donors (Lipinski definition) is 2. The van der Waals surface area contributed by atoms with E-state index < -0.39 is 5.91 Å².